The molecule has 0 aliphatic rings. The van der Waals surface area contributed by atoms with Crippen LogP contribution < -0.4 is 15.4 Å². The molecule has 0 aliphatic heterocycles. The van der Waals surface area contributed by atoms with E-state index in [0.29, 0.717) is 5.92 Å². The molecule has 1 atom stereocenters. The molecule has 0 bridgehead atoms. The van der Waals surface area contributed by atoms with E-state index in [4.69, 9.17) is 4.74 Å². The van der Waals surface area contributed by atoms with Gasteiger partial charge in [0.25, 0.3) is 0 Å². The minimum Gasteiger partial charge on any atom is -0.497 e. The number of methoxy groups -OCH3 is 1. The van der Waals surface area contributed by atoms with Gasteiger partial charge in [0.15, 0.2) is 0 Å². The van der Waals surface area contributed by atoms with Gasteiger partial charge in [0, 0.05) is 6.54 Å². The van der Waals surface area contributed by atoms with Crippen molar-refractivity contribution in [2.24, 2.45) is 5.92 Å². The van der Waals surface area contributed by atoms with Crippen molar-refractivity contribution in [3.63, 3.8) is 0 Å². The van der Waals surface area contributed by atoms with E-state index in [1.165, 1.54) is 5.56 Å². The average Bonchev–Trinajstić information content (AvgIpc) is 2.45. The summed E-state index contributed by atoms with van der Waals surface area (Å²) in [5, 5.41) is 6.17. The molecule has 1 unspecified atom stereocenters. The fourth-order valence-corrected chi connectivity index (χ4v) is 1.78. The molecule has 0 aromatic heterocycles. The van der Waals surface area contributed by atoms with Gasteiger partial charge in [0.05, 0.1) is 13.2 Å². The average molecular weight is 278 g/mol. The van der Waals surface area contributed by atoms with Crippen LogP contribution in [0.1, 0.15) is 26.3 Å². The molecule has 0 saturated carbocycles. The molecule has 0 radical (unpaired) electrons. The fourth-order valence-electron chi connectivity index (χ4n) is 1.78. The summed E-state index contributed by atoms with van der Waals surface area (Å²) in [5.74, 6) is 1.40. The van der Waals surface area contributed by atoms with Gasteiger partial charge < -0.3 is 15.4 Å². The number of nitrogens with one attached hydrogen (secondary N) is 2. The first-order valence-corrected chi connectivity index (χ1v) is 7.17. The van der Waals surface area contributed by atoms with E-state index < -0.39 is 0 Å². The number of carbonyl (C=O) groups is 1. The zero-order valence-electron chi connectivity index (χ0n) is 12.9. The van der Waals surface area contributed by atoms with Crippen LogP contribution in [0.15, 0.2) is 24.3 Å². The predicted octanol–water partition coefficient (Wildman–Crippen LogP) is 1.99. The molecule has 0 spiro atoms. The normalized spacial score (nSPS) is 12.2. The third-order valence-corrected chi connectivity index (χ3v) is 3.10. The van der Waals surface area contributed by atoms with Gasteiger partial charge in [-0.3, -0.25) is 4.79 Å². The maximum atomic E-state index is 11.8. The zero-order chi connectivity index (χ0) is 15.0. The number of hydrogen-bond acceptors (Lipinski definition) is 3. The van der Waals surface area contributed by atoms with Gasteiger partial charge in [-0.05, 0) is 43.5 Å². The molecule has 1 aromatic rings. The number of benzene rings is 1. The quantitative estimate of drug-likeness (QED) is 0.764. The summed E-state index contributed by atoms with van der Waals surface area (Å²) in [6.07, 6.45) is 0.895. The standard InChI is InChI=1S/C16H26N2O2/c1-12(2)11-18-16(19)13(3)17-10-9-14-5-7-15(20-4)8-6-14/h5-8,12-13,17H,9-11H2,1-4H3,(H,18,19). The van der Waals surface area contributed by atoms with Crippen molar-refractivity contribution >= 4 is 5.91 Å². The second kappa shape index (κ2) is 8.59. The Morgan fingerprint density at radius 1 is 1.20 bits per heavy atom. The summed E-state index contributed by atoms with van der Waals surface area (Å²) >= 11 is 0. The topological polar surface area (TPSA) is 50.4 Å². The summed E-state index contributed by atoms with van der Waals surface area (Å²) in [6.45, 7) is 7.57. The Labute approximate surface area is 121 Å². The first-order valence-electron chi connectivity index (χ1n) is 7.17. The van der Waals surface area contributed by atoms with E-state index in [0.717, 1.165) is 25.3 Å². The molecule has 1 aromatic carbocycles. The maximum Gasteiger partial charge on any atom is 0.236 e. The van der Waals surface area contributed by atoms with E-state index in [2.05, 4.69) is 24.5 Å². The Morgan fingerprint density at radius 3 is 2.40 bits per heavy atom. The highest BCUT2D eigenvalue weighted by molar-refractivity contribution is 5.81. The Morgan fingerprint density at radius 2 is 1.85 bits per heavy atom. The molecule has 0 saturated heterocycles. The summed E-state index contributed by atoms with van der Waals surface area (Å²) in [6, 6.07) is 7.84. The summed E-state index contributed by atoms with van der Waals surface area (Å²) in [7, 11) is 1.66. The van der Waals surface area contributed by atoms with Crippen LogP contribution >= 0.6 is 0 Å². The van der Waals surface area contributed by atoms with Crippen molar-refractivity contribution in [3.05, 3.63) is 29.8 Å². The molecule has 0 fully saturated rings. The van der Waals surface area contributed by atoms with Crippen LogP contribution in [0, 0.1) is 5.92 Å². The fraction of sp³-hybridized carbons (Fsp3) is 0.562. The van der Waals surface area contributed by atoms with Gasteiger partial charge in [0.2, 0.25) is 5.91 Å². The first kappa shape index (κ1) is 16.5. The number of hydrogen-bond donors (Lipinski definition) is 2. The molecule has 1 amide bonds. The van der Waals surface area contributed by atoms with Gasteiger partial charge >= 0.3 is 0 Å². The molecular formula is C16H26N2O2. The largest absolute Gasteiger partial charge is 0.497 e. The van der Waals surface area contributed by atoms with Crippen LogP contribution in [0.4, 0.5) is 0 Å². The van der Waals surface area contributed by atoms with E-state index in [-0.39, 0.29) is 11.9 Å². The van der Waals surface area contributed by atoms with E-state index in [9.17, 15) is 4.79 Å². The molecule has 1 rings (SSSR count). The SMILES string of the molecule is COc1ccc(CCNC(C)C(=O)NCC(C)C)cc1. The van der Waals surface area contributed by atoms with Crippen LogP contribution in [-0.4, -0.2) is 32.1 Å². The van der Waals surface area contributed by atoms with Gasteiger partial charge in [-0.25, -0.2) is 0 Å². The van der Waals surface area contributed by atoms with E-state index >= 15 is 0 Å². The summed E-state index contributed by atoms with van der Waals surface area (Å²) in [5.41, 5.74) is 1.23. The highest BCUT2D eigenvalue weighted by Gasteiger charge is 2.11. The lowest BCUT2D eigenvalue weighted by Gasteiger charge is -2.15. The molecule has 112 valence electrons. The second-order valence-corrected chi connectivity index (χ2v) is 5.41. The Balaban J connectivity index is 2.26. The molecule has 4 heteroatoms. The number of amides is 1. The highest BCUT2D eigenvalue weighted by Crippen LogP contribution is 2.11. The molecular weight excluding hydrogens is 252 g/mol. The zero-order valence-corrected chi connectivity index (χ0v) is 12.9. The van der Waals surface area contributed by atoms with Gasteiger partial charge in [-0.1, -0.05) is 26.0 Å². The molecule has 0 aliphatic carbocycles. The summed E-state index contributed by atoms with van der Waals surface area (Å²) in [4.78, 5) is 11.8. The minimum absolute atomic E-state index is 0.0634. The van der Waals surface area contributed by atoms with Crippen molar-refractivity contribution in [2.45, 2.75) is 33.2 Å². The number of carbonyl (C=O) groups excluding carboxylic acids is 1. The van der Waals surface area contributed by atoms with Gasteiger partial charge in [-0.2, -0.15) is 0 Å². The molecule has 2 N–H and O–H groups in total. The number of rotatable bonds is 8. The van der Waals surface area contributed by atoms with Gasteiger partial charge in [0.1, 0.15) is 5.75 Å². The lowest BCUT2D eigenvalue weighted by atomic mass is 10.1. The van der Waals surface area contributed by atoms with Crippen LogP contribution in [0.5, 0.6) is 5.75 Å². The van der Waals surface area contributed by atoms with Crippen molar-refractivity contribution in [2.75, 3.05) is 20.2 Å². The molecule has 4 nitrogen and oxygen atoms in total. The smallest absolute Gasteiger partial charge is 0.236 e. The van der Waals surface area contributed by atoms with Crippen molar-refractivity contribution in [3.8, 4) is 5.75 Å². The third-order valence-electron chi connectivity index (χ3n) is 3.10. The van der Waals surface area contributed by atoms with Crippen molar-refractivity contribution in [1.82, 2.24) is 10.6 Å². The third kappa shape index (κ3) is 6.06. The van der Waals surface area contributed by atoms with E-state index in [1.54, 1.807) is 7.11 Å². The first-order chi connectivity index (χ1) is 9.52. The Bertz CT molecular complexity index is 401. The lowest BCUT2D eigenvalue weighted by molar-refractivity contribution is -0.122. The Kier molecular flexibility index (Phi) is 7.09. The predicted molar refractivity (Wildman–Crippen MR) is 82.0 cm³/mol. The number of ether oxygens (including phenoxy) is 1. The lowest BCUT2D eigenvalue weighted by Crippen LogP contribution is -2.43. The highest BCUT2D eigenvalue weighted by atomic mass is 16.5. The van der Waals surface area contributed by atoms with Crippen LogP contribution in [-0.2, 0) is 11.2 Å². The molecule has 0 heterocycles. The summed E-state index contributed by atoms with van der Waals surface area (Å²) < 4.78 is 5.12. The Hall–Kier alpha value is -1.55. The van der Waals surface area contributed by atoms with Crippen LogP contribution in [0.25, 0.3) is 0 Å². The second-order valence-electron chi connectivity index (χ2n) is 5.41. The minimum atomic E-state index is -0.160. The monoisotopic (exact) mass is 278 g/mol. The maximum absolute atomic E-state index is 11.8. The van der Waals surface area contributed by atoms with Crippen LogP contribution in [0.2, 0.25) is 0 Å². The van der Waals surface area contributed by atoms with Crippen molar-refractivity contribution < 1.29 is 9.53 Å². The van der Waals surface area contributed by atoms with Gasteiger partial charge in [-0.15, -0.1) is 0 Å². The van der Waals surface area contributed by atoms with Crippen LogP contribution in [0.3, 0.4) is 0 Å². The van der Waals surface area contributed by atoms with Crippen molar-refractivity contribution in [1.29, 1.82) is 0 Å². The van der Waals surface area contributed by atoms with E-state index in [1.807, 2.05) is 31.2 Å². The molecule has 20 heavy (non-hydrogen) atoms.